The van der Waals surface area contributed by atoms with Crippen LogP contribution in [-0.2, 0) is 29.2 Å². The predicted molar refractivity (Wildman–Crippen MR) is 216 cm³/mol. The molecule has 314 valence electrons. The van der Waals surface area contributed by atoms with E-state index in [1.807, 2.05) is 20.8 Å². The van der Waals surface area contributed by atoms with Crippen LogP contribution in [0.5, 0.6) is 0 Å². The van der Waals surface area contributed by atoms with Gasteiger partial charge < -0.3 is 15.5 Å². The SMILES string of the molecule is C=C[C@@H]1C[C@]1(CC(=O)[C@@H]1C[C@@]2(CN1C(=O)[C@@H](NC(=O)C(NC(=O)c1cnccn1)C1CCCCC1)C(C)(C)C)C(C)(C)C21CCC1)C(=O)NS(=O)(=O)CC(C)(C)C. The summed E-state index contributed by atoms with van der Waals surface area (Å²) >= 11 is 0. The Morgan fingerprint density at radius 3 is 2.12 bits per heavy atom. The van der Waals surface area contributed by atoms with Gasteiger partial charge in [0.1, 0.15) is 17.8 Å². The summed E-state index contributed by atoms with van der Waals surface area (Å²) in [6.07, 6.45) is 13.8. The lowest BCUT2D eigenvalue weighted by molar-refractivity contribution is -0.144. The van der Waals surface area contributed by atoms with Crippen molar-refractivity contribution in [2.45, 2.75) is 144 Å². The maximum atomic E-state index is 15.2. The molecule has 4 aliphatic carbocycles. The first kappa shape index (κ1) is 42.9. The third-order valence-corrected chi connectivity index (χ3v) is 16.3. The van der Waals surface area contributed by atoms with Crippen LogP contribution in [0.3, 0.4) is 0 Å². The molecule has 2 heterocycles. The number of carbonyl (C=O) groups excluding carboxylic acids is 5. The summed E-state index contributed by atoms with van der Waals surface area (Å²) < 4.78 is 28.4. The number of hydrogen-bond donors (Lipinski definition) is 3. The van der Waals surface area contributed by atoms with E-state index in [4.69, 9.17) is 0 Å². The van der Waals surface area contributed by atoms with Crippen LogP contribution in [0.1, 0.15) is 137 Å². The number of allylic oxidation sites excluding steroid dienone is 1. The Kier molecular flexibility index (Phi) is 11.2. The summed E-state index contributed by atoms with van der Waals surface area (Å²) in [5.41, 5.74) is -3.05. The zero-order chi connectivity index (χ0) is 42.0. The zero-order valence-corrected chi connectivity index (χ0v) is 36.0. The van der Waals surface area contributed by atoms with Crippen molar-refractivity contribution in [3.63, 3.8) is 0 Å². The lowest BCUT2D eigenvalue weighted by atomic mass is 9.73. The molecule has 2 spiro atoms. The van der Waals surface area contributed by atoms with Crippen molar-refractivity contribution in [1.82, 2.24) is 30.2 Å². The first-order valence-electron chi connectivity index (χ1n) is 20.8. The van der Waals surface area contributed by atoms with Gasteiger partial charge in [-0.1, -0.05) is 87.1 Å². The van der Waals surface area contributed by atoms with Gasteiger partial charge in [-0.25, -0.2) is 13.4 Å². The van der Waals surface area contributed by atoms with E-state index in [-0.39, 0.29) is 58.1 Å². The molecule has 6 atom stereocenters. The molecule has 6 rings (SSSR count). The van der Waals surface area contributed by atoms with E-state index in [2.05, 4.69) is 45.8 Å². The van der Waals surface area contributed by atoms with Gasteiger partial charge in [0, 0.05) is 30.8 Å². The molecule has 1 unspecified atom stereocenters. The van der Waals surface area contributed by atoms with Gasteiger partial charge in [0.2, 0.25) is 27.7 Å². The smallest absolute Gasteiger partial charge is 0.272 e. The van der Waals surface area contributed by atoms with Gasteiger partial charge in [0.15, 0.2) is 5.78 Å². The highest BCUT2D eigenvalue weighted by Gasteiger charge is 2.85. The molecule has 13 nitrogen and oxygen atoms in total. The Morgan fingerprint density at radius 1 is 0.947 bits per heavy atom. The Morgan fingerprint density at radius 2 is 1.61 bits per heavy atom. The van der Waals surface area contributed by atoms with E-state index in [0.29, 0.717) is 13.0 Å². The number of sulfonamides is 1. The highest BCUT2D eigenvalue weighted by atomic mass is 32.2. The van der Waals surface area contributed by atoms with E-state index in [0.717, 1.165) is 51.4 Å². The van der Waals surface area contributed by atoms with Gasteiger partial charge in [0.25, 0.3) is 5.91 Å². The first-order valence-corrected chi connectivity index (χ1v) is 22.5. The van der Waals surface area contributed by atoms with Crippen LogP contribution in [0.2, 0.25) is 0 Å². The number of nitrogens with zero attached hydrogens (tertiary/aromatic N) is 3. The van der Waals surface area contributed by atoms with Crippen LogP contribution >= 0.6 is 0 Å². The number of likely N-dealkylation sites (tertiary alicyclic amines) is 1. The molecule has 3 N–H and O–H groups in total. The average Bonchev–Trinajstić information content (AvgIpc) is 3.83. The largest absolute Gasteiger partial charge is 0.342 e. The fourth-order valence-electron chi connectivity index (χ4n) is 11.1. The molecular weight excluding hydrogens is 745 g/mol. The molecule has 0 aromatic carbocycles. The van der Waals surface area contributed by atoms with Crippen molar-refractivity contribution in [3.05, 3.63) is 36.9 Å². The summed E-state index contributed by atoms with van der Waals surface area (Å²) in [4.78, 5) is 81.4. The zero-order valence-electron chi connectivity index (χ0n) is 35.2. The van der Waals surface area contributed by atoms with Crippen LogP contribution in [0.25, 0.3) is 0 Å². The van der Waals surface area contributed by atoms with E-state index in [1.165, 1.54) is 18.6 Å². The molecule has 1 aromatic heterocycles. The first-order chi connectivity index (χ1) is 26.4. The second-order valence-corrected chi connectivity index (χ2v) is 22.4. The van der Waals surface area contributed by atoms with Crippen LogP contribution in [0, 0.1) is 44.3 Å². The third kappa shape index (κ3) is 7.80. The number of nitrogens with one attached hydrogen (secondary N) is 3. The Balaban J connectivity index is 1.29. The van der Waals surface area contributed by atoms with Crippen molar-refractivity contribution in [3.8, 4) is 0 Å². The normalized spacial score (nSPS) is 28.8. The fraction of sp³-hybridized carbons (Fsp3) is 0.744. The summed E-state index contributed by atoms with van der Waals surface area (Å²) in [7, 11) is -3.99. The molecule has 1 aromatic rings. The number of amides is 4. The van der Waals surface area contributed by atoms with Crippen molar-refractivity contribution >= 4 is 39.4 Å². The molecule has 4 amide bonds. The Bertz CT molecular complexity index is 1890. The number of Topliss-reactive ketones (excluding diaryl/α,β-unsaturated/α-hetero) is 1. The number of rotatable bonds is 13. The monoisotopic (exact) mass is 808 g/mol. The molecule has 1 aliphatic heterocycles. The molecule has 0 bridgehead atoms. The Labute approximate surface area is 338 Å². The quantitative estimate of drug-likeness (QED) is 0.228. The Hall–Kier alpha value is -3.68. The average molecular weight is 809 g/mol. The molecule has 4 saturated carbocycles. The van der Waals surface area contributed by atoms with Crippen molar-refractivity contribution < 1.29 is 32.4 Å². The van der Waals surface area contributed by atoms with E-state index in [9.17, 15) is 27.6 Å². The van der Waals surface area contributed by atoms with Crippen molar-refractivity contribution in [2.24, 2.45) is 44.3 Å². The second kappa shape index (κ2) is 14.9. The van der Waals surface area contributed by atoms with Gasteiger partial charge in [-0.3, -0.25) is 33.7 Å². The lowest BCUT2D eigenvalue weighted by Gasteiger charge is -2.38. The molecule has 5 fully saturated rings. The standard InChI is InChI=1S/C43H64N6O7S/c1-10-28-21-41(28,37(54)48-57(55,56)26-38(2,3)4)23-31(50)30-22-43(40(8,9)42(43)17-14-18-42)25-49(30)36(53)33(39(5,6)7)47-35(52)32(27-15-12-11-13-16-27)46-34(51)29-24-44-19-20-45-29/h10,19-20,24,27-28,30,32-33H,1,11-18,21-23,25-26H2,2-9H3,(H,46,51)(H,47,52)(H,48,54)/t28-,30+,32?,33-,41-,43-/m1/s1. The molecule has 0 radical (unpaired) electrons. The molecule has 1 saturated heterocycles. The van der Waals surface area contributed by atoms with Crippen molar-refractivity contribution in [1.29, 1.82) is 0 Å². The minimum absolute atomic E-state index is 0.00987. The van der Waals surface area contributed by atoms with E-state index < -0.39 is 68.0 Å². The number of ketones is 1. The van der Waals surface area contributed by atoms with Crippen LogP contribution in [0.15, 0.2) is 31.2 Å². The van der Waals surface area contributed by atoms with Crippen molar-refractivity contribution in [2.75, 3.05) is 12.3 Å². The summed E-state index contributed by atoms with van der Waals surface area (Å²) in [6, 6.07) is -2.83. The topological polar surface area (TPSA) is 185 Å². The summed E-state index contributed by atoms with van der Waals surface area (Å²) in [6.45, 7) is 19.6. The second-order valence-electron chi connectivity index (χ2n) is 20.7. The number of carbonyl (C=O) groups is 5. The number of hydrogen-bond acceptors (Lipinski definition) is 9. The van der Waals surface area contributed by atoms with E-state index >= 15 is 4.79 Å². The maximum absolute atomic E-state index is 15.2. The number of aromatic nitrogens is 2. The van der Waals surface area contributed by atoms with Gasteiger partial charge in [-0.15, -0.1) is 6.58 Å². The minimum atomic E-state index is -3.99. The third-order valence-electron chi connectivity index (χ3n) is 14.6. The van der Waals surface area contributed by atoms with Gasteiger partial charge >= 0.3 is 0 Å². The fourth-order valence-corrected chi connectivity index (χ4v) is 12.8. The molecule has 5 aliphatic rings. The number of fused-ring (bicyclic) bond motifs is 1. The summed E-state index contributed by atoms with van der Waals surface area (Å²) in [5, 5.41) is 5.98. The van der Waals surface area contributed by atoms with Crippen LogP contribution in [0.4, 0.5) is 0 Å². The highest BCUT2D eigenvalue weighted by molar-refractivity contribution is 7.90. The highest BCUT2D eigenvalue weighted by Crippen LogP contribution is 2.88. The molecule has 57 heavy (non-hydrogen) atoms. The molecule has 14 heteroatoms. The minimum Gasteiger partial charge on any atom is -0.342 e. The molecular formula is C43H64N6O7S. The van der Waals surface area contributed by atoms with Gasteiger partial charge in [-0.2, -0.15) is 0 Å². The maximum Gasteiger partial charge on any atom is 0.272 e. The lowest BCUT2D eigenvalue weighted by Crippen LogP contribution is -2.61. The van der Waals surface area contributed by atoms with Gasteiger partial charge in [0.05, 0.1) is 23.4 Å². The van der Waals surface area contributed by atoms with Crippen LogP contribution < -0.4 is 15.4 Å². The predicted octanol–water partition coefficient (Wildman–Crippen LogP) is 5.13. The van der Waals surface area contributed by atoms with Gasteiger partial charge in [-0.05, 0) is 72.0 Å². The summed E-state index contributed by atoms with van der Waals surface area (Å²) in [5.74, 6) is -3.17. The van der Waals surface area contributed by atoms with E-state index in [1.54, 1.807) is 31.7 Å². The van der Waals surface area contributed by atoms with Crippen LogP contribution in [-0.4, -0.2) is 83.1 Å².